The number of rotatable bonds is 5. The predicted molar refractivity (Wildman–Crippen MR) is 136 cm³/mol. The summed E-state index contributed by atoms with van der Waals surface area (Å²) in [6.45, 7) is 16.6. The number of ketones is 2. The van der Waals surface area contributed by atoms with E-state index in [-0.39, 0.29) is 17.0 Å². The quantitative estimate of drug-likeness (QED) is 0.337. The number of hydrogen-bond acceptors (Lipinski definition) is 2. The Hall–Kier alpha value is -2.20. The maximum Gasteiger partial charge on any atom is 0.210 e. The van der Waals surface area contributed by atoms with E-state index in [4.69, 9.17) is 0 Å². The van der Waals surface area contributed by atoms with Crippen molar-refractivity contribution in [1.29, 1.82) is 0 Å². The molecule has 0 aliphatic heterocycles. The lowest BCUT2D eigenvalue weighted by Crippen LogP contribution is -2.23. The fraction of sp³-hybridized carbons (Fsp3) is 0.429. The van der Waals surface area contributed by atoms with Crippen LogP contribution in [0.5, 0.6) is 0 Å². The predicted octanol–water partition coefficient (Wildman–Crippen LogP) is 7.87. The zero-order valence-electron chi connectivity index (χ0n) is 20.5. The summed E-state index contributed by atoms with van der Waals surface area (Å²) in [6, 6.07) is 11.6. The molecule has 3 nitrogen and oxygen atoms in total. The molecule has 2 aromatic heterocycles. The Morgan fingerprint density at radius 2 is 1.56 bits per heavy atom. The fourth-order valence-corrected chi connectivity index (χ4v) is 4.26. The first-order valence-corrected chi connectivity index (χ1v) is 12.0. The van der Waals surface area contributed by atoms with Crippen molar-refractivity contribution in [3.05, 3.63) is 75.0 Å². The molecule has 3 rings (SSSR count). The van der Waals surface area contributed by atoms with Crippen LogP contribution in [-0.2, 0) is 6.42 Å². The molecule has 2 heterocycles. The number of hydrogen-bond donors (Lipinski definition) is 0. The van der Waals surface area contributed by atoms with Gasteiger partial charge < -0.3 is 4.40 Å². The molecule has 0 atom stereocenters. The molecule has 0 fully saturated rings. The molecule has 0 spiro atoms. The third-order valence-corrected chi connectivity index (χ3v) is 6.20. The average molecular weight is 496 g/mol. The summed E-state index contributed by atoms with van der Waals surface area (Å²) in [5.74, 6) is 0.339. The Kier molecular flexibility index (Phi) is 6.59. The number of benzene rings is 1. The molecule has 0 amide bonds. The van der Waals surface area contributed by atoms with Crippen molar-refractivity contribution in [3.8, 4) is 0 Å². The Morgan fingerprint density at radius 3 is 2.06 bits per heavy atom. The van der Waals surface area contributed by atoms with E-state index in [1.807, 2.05) is 55.6 Å². The van der Waals surface area contributed by atoms with Crippen molar-refractivity contribution < 1.29 is 9.59 Å². The van der Waals surface area contributed by atoms with E-state index in [0.29, 0.717) is 29.2 Å². The van der Waals surface area contributed by atoms with Gasteiger partial charge in [0.25, 0.3) is 0 Å². The molecule has 0 N–H and O–H groups in total. The van der Waals surface area contributed by atoms with Gasteiger partial charge in [0.15, 0.2) is 5.78 Å². The molecule has 0 saturated heterocycles. The van der Waals surface area contributed by atoms with Crippen LogP contribution < -0.4 is 0 Å². The SMILES string of the molecule is CC(C)c1ccn2c(C(=O)c3ccc(Br)cc3)c(CC(C)(C)C)c(C(=O)C(C)(C)C)c2c1. The lowest BCUT2D eigenvalue weighted by molar-refractivity contribution is 0.0859. The highest BCUT2D eigenvalue weighted by atomic mass is 79.9. The standard InChI is InChI=1S/C28H34BrNO2/c1-17(2)19-13-14-30-22(15-19)23(26(32)28(6,7)8)21(16-27(3,4)5)24(30)25(31)18-9-11-20(29)12-10-18/h9-15,17H,16H2,1-8H3. The second-order valence-corrected chi connectivity index (χ2v) is 12.1. The van der Waals surface area contributed by atoms with Gasteiger partial charge in [0.2, 0.25) is 5.78 Å². The number of Topliss-reactive ketones (excluding diaryl/α,β-unsaturated/α-hetero) is 1. The first kappa shape index (κ1) is 24.4. The molecule has 0 saturated carbocycles. The fourth-order valence-electron chi connectivity index (χ4n) is 4.00. The highest BCUT2D eigenvalue weighted by Crippen LogP contribution is 2.36. The van der Waals surface area contributed by atoms with E-state index in [0.717, 1.165) is 21.1 Å². The summed E-state index contributed by atoms with van der Waals surface area (Å²) in [5, 5.41) is 0. The van der Waals surface area contributed by atoms with Gasteiger partial charge in [-0.2, -0.15) is 0 Å². The van der Waals surface area contributed by atoms with Gasteiger partial charge >= 0.3 is 0 Å². The van der Waals surface area contributed by atoms with Gasteiger partial charge in [-0.05, 0) is 65.3 Å². The van der Waals surface area contributed by atoms with Gasteiger partial charge in [0.05, 0.1) is 11.2 Å². The zero-order chi connectivity index (χ0) is 24.0. The monoisotopic (exact) mass is 495 g/mol. The molecule has 3 aromatic rings. The van der Waals surface area contributed by atoms with Crippen molar-refractivity contribution in [3.63, 3.8) is 0 Å². The molecule has 0 bridgehead atoms. The molecule has 0 aliphatic rings. The number of aromatic nitrogens is 1. The second-order valence-electron chi connectivity index (χ2n) is 11.2. The van der Waals surface area contributed by atoms with Crippen LogP contribution >= 0.6 is 15.9 Å². The Bertz CT molecular complexity index is 1170. The Labute approximate surface area is 200 Å². The molecule has 170 valence electrons. The van der Waals surface area contributed by atoms with Gasteiger partial charge in [0.1, 0.15) is 0 Å². The van der Waals surface area contributed by atoms with Crippen molar-refractivity contribution in [1.82, 2.24) is 4.40 Å². The minimum absolute atomic E-state index is 0.0583. The Morgan fingerprint density at radius 1 is 0.969 bits per heavy atom. The smallest absolute Gasteiger partial charge is 0.210 e. The third-order valence-electron chi connectivity index (χ3n) is 5.67. The van der Waals surface area contributed by atoms with E-state index >= 15 is 0 Å². The van der Waals surface area contributed by atoms with E-state index in [1.165, 1.54) is 0 Å². The van der Waals surface area contributed by atoms with Gasteiger partial charge in [-0.1, -0.05) is 71.3 Å². The normalized spacial score (nSPS) is 12.6. The average Bonchev–Trinajstić information content (AvgIpc) is 2.97. The van der Waals surface area contributed by atoms with Crippen molar-refractivity contribution >= 4 is 33.0 Å². The van der Waals surface area contributed by atoms with Gasteiger partial charge in [-0.25, -0.2) is 0 Å². The summed E-state index contributed by atoms with van der Waals surface area (Å²) in [7, 11) is 0. The third kappa shape index (κ3) is 4.91. The largest absolute Gasteiger partial charge is 0.313 e. The van der Waals surface area contributed by atoms with E-state index < -0.39 is 5.41 Å². The summed E-state index contributed by atoms with van der Waals surface area (Å²) in [4.78, 5) is 27.6. The number of fused-ring (bicyclic) bond motifs is 1. The molecule has 0 aliphatic carbocycles. The molecule has 0 radical (unpaired) electrons. The highest BCUT2D eigenvalue weighted by molar-refractivity contribution is 9.10. The molecular formula is C28H34BrNO2. The second kappa shape index (κ2) is 8.62. The molecular weight excluding hydrogens is 462 g/mol. The minimum Gasteiger partial charge on any atom is -0.313 e. The van der Waals surface area contributed by atoms with Crippen LogP contribution in [-0.4, -0.2) is 16.0 Å². The maximum atomic E-state index is 13.8. The van der Waals surface area contributed by atoms with Gasteiger partial charge in [0, 0.05) is 27.2 Å². The number of carbonyl (C=O) groups is 2. The molecule has 1 aromatic carbocycles. The Balaban J connectivity index is 2.43. The summed E-state index contributed by atoms with van der Waals surface area (Å²) in [6.07, 6.45) is 2.60. The van der Waals surface area contributed by atoms with E-state index in [9.17, 15) is 9.59 Å². The van der Waals surface area contributed by atoms with Gasteiger partial charge in [-0.3, -0.25) is 9.59 Å². The summed E-state index contributed by atoms with van der Waals surface area (Å²) >= 11 is 3.45. The number of pyridine rings is 1. The van der Waals surface area contributed by atoms with Crippen molar-refractivity contribution in [2.24, 2.45) is 10.8 Å². The van der Waals surface area contributed by atoms with Crippen LogP contribution in [0.25, 0.3) is 5.52 Å². The summed E-state index contributed by atoms with van der Waals surface area (Å²) in [5.41, 5.74) is 4.10. The zero-order valence-corrected chi connectivity index (χ0v) is 22.1. The van der Waals surface area contributed by atoms with Crippen LogP contribution in [0, 0.1) is 10.8 Å². The molecule has 4 heteroatoms. The maximum absolute atomic E-state index is 13.8. The lowest BCUT2D eigenvalue weighted by atomic mass is 9.80. The first-order chi connectivity index (χ1) is 14.7. The molecule has 0 unspecified atom stereocenters. The highest BCUT2D eigenvalue weighted by Gasteiger charge is 2.34. The van der Waals surface area contributed by atoms with Gasteiger partial charge in [-0.15, -0.1) is 0 Å². The van der Waals surface area contributed by atoms with Crippen LogP contribution in [0.2, 0.25) is 0 Å². The van der Waals surface area contributed by atoms with Crippen molar-refractivity contribution in [2.75, 3.05) is 0 Å². The molecule has 32 heavy (non-hydrogen) atoms. The van der Waals surface area contributed by atoms with Crippen LogP contribution in [0.4, 0.5) is 0 Å². The lowest BCUT2D eigenvalue weighted by Gasteiger charge is -2.22. The number of halogens is 1. The summed E-state index contributed by atoms with van der Waals surface area (Å²) < 4.78 is 2.87. The van der Waals surface area contributed by atoms with E-state index in [2.05, 4.69) is 62.7 Å². The van der Waals surface area contributed by atoms with Crippen LogP contribution in [0.15, 0.2) is 47.1 Å². The topological polar surface area (TPSA) is 38.5 Å². The van der Waals surface area contributed by atoms with E-state index in [1.54, 1.807) is 0 Å². The number of carbonyl (C=O) groups excluding carboxylic acids is 2. The van der Waals surface area contributed by atoms with Crippen molar-refractivity contribution in [2.45, 2.75) is 67.7 Å². The first-order valence-electron chi connectivity index (χ1n) is 11.2. The van der Waals surface area contributed by atoms with Crippen LogP contribution in [0.3, 0.4) is 0 Å². The number of nitrogens with zero attached hydrogens (tertiary/aromatic N) is 1. The van der Waals surface area contributed by atoms with Crippen LogP contribution in [0.1, 0.15) is 98.8 Å². The minimum atomic E-state index is -0.555.